The number of carbonyl (C=O) groups is 1. The summed E-state index contributed by atoms with van der Waals surface area (Å²) in [7, 11) is 0. The molecule has 0 saturated heterocycles. The van der Waals surface area contributed by atoms with E-state index in [9.17, 15) is 4.79 Å². The van der Waals surface area contributed by atoms with E-state index < -0.39 is 5.97 Å². The largest absolute Gasteiger partial charge is 0.481 e. The number of carboxylic acid groups (broad SMARTS) is 1. The van der Waals surface area contributed by atoms with Crippen LogP contribution in [0.5, 0.6) is 0 Å². The highest BCUT2D eigenvalue weighted by molar-refractivity contribution is 5.67. The van der Waals surface area contributed by atoms with E-state index in [1.807, 2.05) is 19.1 Å². The zero-order valence-corrected chi connectivity index (χ0v) is 8.34. The summed E-state index contributed by atoms with van der Waals surface area (Å²) in [6.07, 6.45) is 2.22. The van der Waals surface area contributed by atoms with E-state index in [-0.39, 0.29) is 6.42 Å². The van der Waals surface area contributed by atoms with Crippen molar-refractivity contribution in [3.8, 4) is 0 Å². The second-order valence-corrected chi connectivity index (χ2v) is 3.32. The minimum atomic E-state index is -0.808. The quantitative estimate of drug-likeness (QED) is 0.813. The van der Waals surface area contributed by atoms with Crippen molar-refractivity contribution in [2.24, 2.45) is 0 Å². The summed E-state index contributed by atoms with van der Waals surface area (Å²) in [5.41, 5.74) is 1.68. The third-order valence-corrected chi connectivity index (χ3v) is 2.23. The van der Waals surface area contributed by atoms with Gasteiger partial charge in [-0.3, -0.25) is 4.79 Å². The van der Waals surface area contributed by atoms with Crippen molar-refractivity contribution in [1.82, 2.24) is 14.6 Å². The molecule has 1 N–H and O–H groups in total. The maximum atomic E-state index is 10.5. The van der Waals surface area contributed by atoms with Crippen LogP contribution in [0.25, 0.3) is 5.52 Å². The van der Waals surface area contributed by atoms with Gasteiger partial charge in [-0.25, -0.2) is 9.50 Å². The molecule has 2 heterocycles. The normalized spacial score (nSPS) is 10.7. The third-order valence-electron chi connectivity index (χ3n) is 2.23. The molecule has 0 amide bonds. The summed E-state index contributed by atoms with van der Waals surface area (Å²) in [5, 5.41) is 12.7. The van der Waals surface area contributed by atoms with Crippen LogP contribution >= 0.6 is 0 Å². The first-order valence-electron chi connectivity index (χ1n) is 4.69. The van der Waals surface area contributed by atoms with E-state index in [4.69, 9.17) is 5.11 Å². The molecule has 0 unspecified atom stereocenters. The molecule has 0 aliphatic heterocycles. The van der Waals surface area contributed by atoms with Gasteiger partial charge >= 0.3 is 5.97 Å². The van der Waals surface area contributed by atoms with Crippen LogP contribution in [0.2, 0.25) is 0 Å². The first-order valence-corrected chi connectivity index (χ1v) is 4.69. The third kappa shape index (κ3) is 1.81. The average molecular weight is 205 g/mol. The summed E-state index contributed by atoms with van der Waals surface area (Å²) in [4.78, 5) is 14.8. The highest BCUT2D eigenvalue weighted by atomic mass is 16.4. The first kappa shape index (κ1) is 9.64. The molecular formula is C10H11N3O2. The molecule has 0 atom stereocenters. The van der Waals surface area contributed by atoms with Crippen LogP contribution in [-0.2, 0) is 11.2 Å². The van der Waals surface area contributed by atoms with Crippen molar-refractivity contribution < 1.29 is 9.90 Å². The fourth-order valence-electron chi connectivity index (χ4n) is 1.56. The number of rotatable bonds is 3. The van der Waals surface area contributed by atoms with Crippen LogP contribution < -0.4 is 0 Å². The van der Waals surface area contributed by atoms with Gasteiger partial charge < -0.3 is 5.11 Å². The lowest BCUT2D eigenvalue weighted by Gasteiger charge is -1.94. The van der Waals surface area contributed by atoms with Crippen LogP contribution in [0.3, 0.4) is 0 Å². The number of hydrogen-bond acceptors (Lipinski definition) is 3. The van der Waals surface area contributed by atoms with Crippen molar-refractivity contribution >= 4 is 11.5 Å². The number of aliphatic carboxylic acids is 1. The van der Waals surface area contributed by atoms with Crippen LogP contribution in [0.15, 0.2) is 18.3 Å². The maximum absolute atomic E-state index is 10.5. The Bertz CT molecular complexity index is 504. The summed E-state index contributed by atoms with van der Waals surface area (Å²) in [6.45, 7) is 1.85. The summed E-state index contributed by atoms with van der Waals surface area (Å²) >= 11 is 0. The molecule has 0 bridgehead atoms. The topological polar surface area (TPSA) is 67.5 Å². The van der Waals surface area contributed by atoms with E-state index in [1.54, 1.807) is 10.7 Å². The van der Waals surface area contributed by atoms with Crippen molar-refractivity contribution in [3.63, 3.8) is 0 Å². The molecule has 2 rings (SSSR count). The zero-order valence-electron chi connectivity index (χ0n) is 8.34. The molecule has 2 aromatic heterocycles. The minimum Gasteiger partial charge on any atom is -0.481 e. The van der Waals surface area contributed by atoms with Gasteiger partial charge in [0.25, 0.3) is 0 Å². The van der Waals surface area contributed by atoms with Crippen molar-refractivity contribution in [2.75, 3.05) is 0 Å². The molecule has 5 nitrogen and oxygen atoms in total. The summed E-state index contributed by atoms with van der Waals surface area (Å²) in [5.74, 6) is -0.0244. The van der Waals surface area contributed by atoms with Gasteiger partial charge in [-0.1, -0.05) is 0 Å². The fourth-order valence-corrected chi connectivity index (χ4v) is 1.56. The predicted octanol–water partition coefficient (Wildman–Crippen LogP) is 1.05. The van der Waals surface area contributed by atoms with Gasteiger partial charge in [0.1, 0.15) is 5.82 Å². The fraction of sp³-hybridized carbons (Fsp3) is 0.300. The van der Waals surface area contributed by atoms with E-state index >= 15 is 0 Å². The van der Waals surface area contributed by atoms with Gasteiger partial charge in [0.15, 0.2) is 0 Å². The molecule has 0 fully saturated rings. The molecule has 0 aliphatic carbocycles. The number of fused-ring (bicyclic) bond motifs is 1. The SMILES string of the molecule is Cc1nc(CCC(=O)O)c2cccnn12. The molecule has 0 radical (unpaired) electrons. The van der Waals surface area contributed by atoms with Crippen molar-refractivity contribution in [2.45, 2.75) is 19.8 Å². The second-order valence-electron chi connectivity index (χ2n) is 3.32. The van der Waals surface area contributed by atoms with Crippen molar-refractivity contribution in [3.05, 3.63) is 29.8 Å². The van der Waals surface area contributed by atoms with Gasteiger partial charge in [-0.2, -0.15) is 5.10 Å². The van der Waals surface area contributed by atoms with E-state index in [0.29, 0.717) is 6.42 Å². The Morgan fingerprint density at radius 2 is 2.40 bits per heavy atom. The number of aromatic nitrogens is 3. The van der Waals surface area contributed by atoms with Gasteiger partial charge in [0, 0.05) is 12.6 Å². The molecule has 78 valence electrons. The average Bonchev–Trinajstić information content (AvgIpc) is 2.54. The maximum Gasteiger partial charge on any atom is 0.303 e. The molecule has 15 heavy (non-hydrogen) atoms. The highest BCUT2D eigenvalue weighted by Gasteiger charge is 2.09. The van der Waals surface area contributed by atoms with Crippen LogP contribution in [-0.4, -0.2) is 25.7 Å². The number of nitrogens with zero attached hydrogens (tertiary/aromatic N) is 3. The lowest BCUT2D eigenvalue weighted by Crippen LogP contribution is -1.98. The Labute approximate surface area is 86.4 Å². The standard InChI is InChI=1S/C10H11N3O2/c1-7-12-8(4-5-10(14)15)9-3-2-6-11-13(7)9/h2-3,6H,4-5H2,1H3,(H,14,15). The second kappa shape index (κ2) is 3.68. The minimum absolute atomic E-state index is 0.0982. The molecule has 0 aliphatic rings. The molecule has 0 aromatic carbocycles. The van der Waals surface area contributed by atoms with E-state index in [2.05, 4.69) is 10.1 Å². The van der Waals surface area contributed by atoms with Crippen LogP contribution in [0.4, 0.5) is 0 Å². The van der Waals surface area contributed by atoms with Crippen LogP contribution in [0.1, 0.15) is 17.9 Å². The number of carboxylic acids is 1. The molecule has 0 spiro atoms. The highest BCUT2D eigenvalue weighted by Crippen LogP contribution is 2.12. The van der Waals surface area contributed by atoms with Crippen molar-refractivity contribution in [1.29, 1.82) is 0 Å². The molecule has 5 heteroatoms. The Balaban J connectivity index is 2.39. The lowest BCUT2D eigenvalue weighted by atomic mass is 10.2. The smallest absolute Gasteiger partial charge is 0.303 e. The van der Waals surface area contributed by atoms with E-state index in [1.165, 1.54) is 0 Å². The predicted molar refractivity (Wildman–Crippen MR) is 53.7 cm³/mol. The zero-order chi connectivity index (χ0) is 10.8. The molecular weight excluding hydrogens is 194 g/mol. The van der Waals surface area contributed by atoms with Gasteiger partial charge in [0.2, 0.25) is 0 Å². The Hall–Kier alpha value is -1.91. The van der Waals surface area contributed by atoms with Gasteiger partial charge in [-0.15, -0.1) is 0 Å². The lowest BCUT2D eigenvalue weighted by molar-refractivity contribution is -0.136. The molecule has 2 aromatic rings. The first-order chi connectivity index (χ1) is 7.18. The van der Waals surface area contributed by atoms with Gasteiger partial charge in [0.05, 0.1) is 17.6 Å². The summed E-state index contributed by atoms with van der Waals surface area (Å²) in [6, 6.07) is 3.71. The monoisotopic (exact) mass is 205 g/mol. The van der Waals surface area contributed by atoms with E-state index in [0.717, 1.165) is 17.0 Å². The number of hydrogen-bond donors (Lipinski definition) is 1. The van der Waals surface area contributed by atoms with Crippen LogP contribution in [0, 0.1) is 6.92 Å². The number of imidazole rings is 1. The Morgan fingerprint density at radius 3 is 3.13 bits per heavy atom. The Kier molecular flexibility index (Phi) is 2.37. The van der Waals surface area contributed by atoms with Gasteiger partial charge in [-0.05, 0) is 19.1 Å². The Morgan fingerprint density at radius 1 is 1.60 bits per heavy atom. The molecule has 0 saturated carbocycles. The number of aryl methyl sites for hydroxylation is 2. The summed E-state index contributed by atoms with van der Waals surface area (Å²) < 4.78 is 1.72.